The second-order valence-corrected chi connectivity index (χ2v) is 7.42. The fourth-order valence-electron chi connectivity index (χ4n) is 2.01. The van der Waals surface area contributed by atoms with E-state index in [2.05, 4.69) is 18.8 Å². The molecule has 1 saturated heterocycles. The summed E-state index contributed by atoms with van der Waals surface area (Å²) in [7, 11) is 0. The van der Waals surface area contributed by atoms with Crippen LogP contribution in [-0.2, 0) is 0 Å². The summed E-state index contributed by atoms with van der Waals surface area (Å²) >= 11 is 7.89. The normalized spacial score (nSPS) is 19.0. The molecule has 0 bridgehead atoms. The molecule has 4 nitrogen and oxygen atoms in total. The Morgan fingerprint density at radius 1 is 1.53 bits per heavy atom. The molecule has 2 rings (SSSR count). The van der Waals surface area contributed by atoms with E-state index >= 15 is 0 Å². The van der Waals surface area contributed by atoms with Crippen LogP contribution in [-0.4, -0.2) is 39.4 Å². The summed E-state index contributed by atoms with van der Waals surface area (Å²) in [5.41, 5.74) is 6.52. The molecular formula is C13H18ClN3OS. The van der Waals surface area contributed by atoms with Crippen LogP contribution in [0, 0.1) is 0 Å². The van der Waals surface area contributed by atoms with Crippen molar-refractivity contribution in [2.45, 2.75) is 25.0 Å². The van der Waals surface area contributed by atoms with Crippen molar-refractivity contribution in [2.75, 3.05) is 24.6 Å². The van der Waals surface area contributed by atoms with Crippen LogP contribution in [0.5, 0.6) is 0 Å². The third-order valence-electron chi connectivity index (χ3n) is 3.22. The number of aromatic nitrogens is 1. The van der Waals surface area contributed by atoms with Gasteiger partial charge in [0.25, 0.3) is 5.91 Å². The Labute approximate surface area is 122 Å². The van der Waals surface area contributed by atoms with Crippen molar-refractivity contribution in [1.29, 1.82) is 0 Å². The molecule has 2 heterocycles. The minimum absolute atomic E-state index is 0.0805. The second kappa shape index (κ2) is 5.59. The first-order valence-corrected chi connectivity index (χ1v) is 7.60. The topological polar surface area (TPSA) is 59.2 Å². The molecule has 19 heavy (non-hydrogen) atoms. The van der Waals surface area contributed by atoms with E-state index in [0.29, 0.717) is 11.3 Å². The monoisotopic (exact) mass is 299 g/mol. The third-order valence-corrected chi connectivity index (χ3v) is 4.89. The molecule has 1 aliphatic heterocycles. The van der Waals surface area contributed by atoms with Crippen LogP contribution in [0.3, 0.4) is 0 Å². The quantitative estimate of drug-likeness (QED) is 0.810. The predicted molar refractivity (Wildman–Crippen MR) is 80.7 cm³/mol. The minimum atomic E-state index is -0.0805. The zero-order chi connectivity index (χ0) is 14.0. The molecule has 1 fully saturated rings. The lowest BCUT2D eigenvalue weighted by Gasteiger charge is -2.23. The number of carbonyl (C=O) groups is 1. The standard InChI is InChI=1S/C13H18ClN3OS/c1-13(2)3-4-17(5-6-19-13)12(18)10-7-9(15)8-16-11(10)14/h7-8H,3-6,15H2,1-2H3. The largest absolute Gasteiger partial charge is 0.397 e. The Hall–Kier alpha value is -0.940. The average Bonchev–Trinajstić information content (AvgIpc) is 2.52. The van der Waals surface area contributed by atoms with E-state index in [4.69, 9.17) is 17.3 Å². The number of hydrogen-bond acceptors (Lipinski definition) is 4. The number of anilines is 1. The van der Waals surface area contributed by atoms with Gasteiger partial charge in [-0.2, -0.15) is 11.8 Å². The molecule has 2 N–H and O–H groups in total. The van der Waals surface area contributed by atoms with Gasteiger partial charge in [0.2, 0.25) is 0 Å². The number of halogens is 1. The molecule has 1 amide bonds. The van der Waals surface area contributed by atoms with Gasteiger partial charge in [0.05, 0.1) is 17.4 Å². The number of thioether (sulfide) groups is 1. The average molecular weight is 300 g/mol. The second-order valence-electron chi connectivity index (χ2n) is 5.26. The molecule has 0 radical (unpaired) electrons. The molecule has 104 valence electrons. The smallest absolute Gasteiger partial charge is 0.257 e. The summed E-state index contributed by atoms with van der Waals surface area (Å²) in [5, 5.41) is 0.218. The molecule has 6 heteroatoms. The van der Waals surface area contributed by atoms with Gasteiger partial charge in [-0.15, -0.1) is 0 Å². The predicted octanol–water partition coefficient (Wildman–Crippen LogP) is 2.67. The zero-order valence-electron chi connectivity index (χ0n) is 11.1. The van der Waals surface area contributed by atoms with Crippen LogP contribution >= 0.6 is 23.4 Å². The maximum absolute atomic E-state index is 12.5. The Morgan fingerprint density at radius 3 is 3.00 bits per heavy atom. The van der Waals surface area contributed by atoms with Gasteiger partial charge in [0.15, 0.2) is 0 Å². The Kier molecular flexibility index (Phi) is 4.26. The van der Waals surface area contributed by atoms with E-state index in [0.717, 1.165) is 25.3 Å². The Morgan fingerprint density at radius 2 is 2.26 bits per heavy atom. The lowest BCUT2D eigenvalue weighted by molar-refractivity contribution is 0.0764. The minimum Gasteiger partial charge on any atom is -0.397 e. The molecule has 1 aliphatic rings. The molecule has 0 unspecified atom stereocenters. The Balaban J connectivity index is 2.17. The summed E-state index contributed by atoms with van der Waals surface area (Å²) < 4.78 is 0.215. The highest BCUT2D eigenvalue weighted by molar-refractivity contribution is 8.00. The van der Waals surface area contributed by atoms with Crippen molar-refractivity contribution < 1.29 is 4.79 Å². The van der Waals surface area contributed by atoms with Crippen molar-refractivity contribution in [2.24, 2.45) is 0 Å². The van der Waals surface area contributed by atoms with Gasteiger partial charge in [-0.3, -0.25) is 4.79 Å². The summed E-state index contributed by atoms with van der Waals surface area (Å²) in [5.74, 6) is 0.856. The van der Waals surface area contributed by atoms with E-state index in [1.807, 2.05) is 16.7 Å². The first-order valence-electron chi connectivity index (χ1n) is 6.23. The maximum atomic E-state index is 12.5. The van der Waals surface area contributed by atoms with Crippen molar-refractivity contribution in [3.05, 3.63) is 23.0 Å². The molecule has 0 atom stereocenters. The fraction of sp³-hybridized carbons (Fsp3) is 0.538. The summed E-state index contributed by atoms with van der Waals surface area (Å²) in [6.45, 7) is 5.89. The van der Waals surface area contributed by atoms with Crippen LogP contribution in [0.2, 0.25) is 5.15 Å². The van der Waals surface area contributed by atoms with E-state index in [1.54, 1.807) is 6.07 Å². The lowest BCUT2D eigenvalue weighted by atomic mass is 10.1. The van der Waals surface area contributed by atoms with Gasteiger partial charge in [-0.1, -0.05) is 25.4 Å². The van der Waals surface area contributed by atoms with Crippen molar-refractivity contribution in [3.63, 3.8) is 0 Å². The number of nitrogens with two attached hydrogens (primary N) is 1. The zero-order valence-corrected chi connectivity index (χ0v) is 12.7. The molecule has 1 aromatic rings. The van der Waals surface area contributed by atoms with Crippen molar-refractivity contribution in [3.8, 4) is 0 Å². The van der Waals surface area contributed by atoms with Crippen LogP contribution < -0.4 is 5.73 Å². The van der Waals surface area contributed by atoms with Gasteiger partial charge < -0.3 is 10.6 Å². The van der Waals surface area contributed by atoms with Crippen LogP contribution in [0.15, 0.2) is 12.3 Å². The number of nitrogen functional groups attached to an aromatic ring is 1. The fourth-order valence-corrected chi connectivity index (χ4v) is 3.29. The van der Waals surface area contributed by atoms with Gasteiger partial charge in [-0.25, -0.2) is 4.98 Å². The van der Waals surface area contributed by atoms with E-state index in [9.17, 15) is 4.79 Å². The van der Waals surface area contributed by atoms with Crippen LogP contribution in [0.1, 0.15) is 30.6 Å². The highest BCUT2D eigenvalue weighted by atomic mass is 35.5. The van der Waals surface area contributed by atoms with Gasteiger partial charge in [0, 0.05) is 23.6 Å². The number of hydrogen-bond donors (Lipinski definition) is 1. The number of pyridine rings is 1. The molecule has 0 aromatic carbocycles. The highest BCUT2D eigenvalue weighted by Crippen LogP contribution is 2.31. The van der Waals surface area contributed by atoms with Crippen LogP contribution in [0.25, 0.3) is 0 Å². The summed E-state index contributed by atoms with van der Waals surface area (Å²) in [4.78, 5) is 18.2. The van der Waals surface area contributed by atoms with E-state index in [-0.39, 0.29) is 15.8 Å². The van der Waals surface area contributed by atoms with E-state index in [1.165, 1.54) is 6.20 Å². The third kappa shape index (κ3) is 3.54. The number of carbonyl (C=O) groups excluding carboxylic acids is 1. The summed E-state index contributed by atoms with van der Waals surface area (Å²) in [6.07, 6.45) is 2.43. The number of nitrogens with zero attached hydrogens (tertiary/aromatic N) is 2. The molecule has 0 saturated carbocycles. The van der Waals surface area contributed by atoms with Crippen molar-refractivity contribution in [1.82, 2.24) is 9.88 Å². The number of rotatable bonds is 1. The molecular weight excluding hydrogens is 282 g/mol. The first kappa shape index (κ1) is 14.5. The first-order chi connectivity index (χ1) is 8.89. The Bertz CT molecular complexity index is 493. The molecule has 0 aliphatic carbocycles. The summed E-state index contributed by atoms with van der Waals surface area (Å²) in [6, 6.07) is 1.60. The highest BCUT2D eigenvalue weighted by Gasteiger charge is 2.27. The van der Waals surface area contributed by atoms with E-state index < -0.39 is 0 Å². The molecule has 1 aromatic heterocycles. The van der Waals surface area contributed by atoms with Gasteiger partial charge in [0.1, 0.15) is 5.15 Å². The number of amides is 1. The SMILES string of the molecule is CC1(C)CCN(C(=O)c2cc(N)cnc2Cl)CCS1. The molecule has 0 spiro atoms. The van der Waals surface area contributed by atoms with Gasteiger partial charge >= 0.3 is 0 Å². The maximum Gasteiger partial charge on any atom is 0.257 e. The lowest BCUT2D eigenvalue weighted by Crippen LogP contribution is -2.34. The van der Waals surface area contributed by atoms with Crippen molar-refractivity contribution >= 4 is 35.0 Å². The van der Waals surface area contributed by atoms with Gasteiger partial charge in [-0.05, 0) is 12.5 Å². The van der Waals surface area contributed by atoms with Crippen LogP contribution in [0.4, 0.5) is 5.69 Å².